The molecule has 2 unspecified atom stereocenters. The number of H-pyrrole nitrogens is 1. The number of ether oxygens (including phenoxy) is 2. The second-order valence-electron chi connectivity index (χ2n) is 8.85. The highest BCUT2D eigenvalue weighted by Gasteiger charge is 2.52. The Morgan fingerprint density at radius 2 is 1.78 bits per heavy atom. The van der Waals surface area contributed by atoms with E-state index in [1.807, 2.05) is 0 Å². The lowest BCUT2D eigenvalue weighted by molar-refractivity contribution is -0.304. The fourth-order valence-corrected chi connectivity index (χ4v) is 5.74. The maximum Gasteiger partial charge on any atom is 0.483 e. The average Bonchev–Trinajstić information content (AvgIpc) is 3.11. The molecule has 0 spiro atoms. The summed E-state index contributed by atoms with van der Waals surface area (Å²) in [7, 11) is -10.8. The van der Waals surface area contributed by atoms with Crippen molar-refractivity contribution < 1.29 is 62.2 Å². The number of aliphatic hydroxyl groups is 4. The first-order valence-electron chi connectivity index (χ1n) is 10.5. The number of hydrogen-bond donors (Lipinski definition) is 7. The summed E-state index contributed by atoms with van der Waals surface area (Å²) in [5.41, 5.74) is -2.77. The number of aliphatic hydroxyl groups excluding tert-OH is 4. The third kappa shape index (κ3) is 6.57. The molecule has 2 aliphatic rings. The van der Waals surface area contributed by atoms with Crippen LogP contribution in [-0.2, 0) is 32.0 Å². The molecular weight excluding hydrogens is 534 g/mol. The Labute approximate surface area is 203 Å². The molecule has 0 amide bonds. The number of nitrogens with zero attached hydrogens (tertiary/aromatic N) is 1. The zero-order valence-electron chi connectivity index (χ0n) is 19.2. The normalized spacial score (nSPS) is 35.8. The minimum Gasteiger partial charge on any atom is -0.390 e. The van der Waals surface area contributed by atoms with Crippen LogP contribution in [0.4, 0.5) is 0 Å². The highest BCUT2D eigenvalue weighted by atomic mass is 31.3. The summed E-state index contributed by atoms with van der Waals surface area (Å²) < 4.78 is 49.4. The van der Waals surface area contributed by atoms with E-state index in [2.05, 4.69) is 18.3 Å². The van der Waals surface area contributed by atoms with Gasteiger partial charge in [-0.25, -0.2) is 13.9 Å². The fourth-order valence-electron chi connectivity index (χ4n) is 3.59. The van der Waals surface area contributed by atoms with Crippen molar-refractivity contribution >= 4 is 15.6 Å². The van der Waals surface area contributed by atoms with Gasteiger partial charge in [0.05, 0.1) is 18.3 Å². The zero-order valence-corrected chi connectivity index (χ0v) is 21.0. The Hall–Kier alpha value is -1.30. The number of phosphoric acid groups is 2. The molecule has 7 N–H and O–H groups in total. The molecule has 3 heterocycles. The average molecular weight is 562 g/mol. The molecule has 19 heteroatoms. The van der Waals surface area contributed by atoms with Gasteiger partial charge in [0.15, 0.2) is 6.29 Å². The molecule has 206 valence electrons. The third-order valence-electron chi connectivity index (χ3n) is 5.59. The lowest BCUT2D eigenvalue weighted by Crippen LogP contribution is -2.62. The van der Waals surface area contributed by atoms with E-state index in [1.165, 1.54) is 27.0 Å². The van der Waals surface area contributed by atoms with Gasteiger partial charge in [0.1, 0.15) is 30.6 Å². The summed E-state index contributed by atoms with van der Waals surface area (Å²) in [5.74, 6) is 0. The molecule has 1 aromatic heterocycles. The van der Waals surface area contributed by atoms with Crippen LogP contribution in [0.5, 0.6) is 0 Å². The second kappa shape index (κ2) is 10.5. The van der Waals surface area contributed by atoms with E-state index in [4.69, 9.17) is 9.47 Å². The van der Waals surface area contributed by atoms with E-state index in [0.29, 0.717) is 0 Å². The maximum absolute atomic E-state index is 12.3. The van der Waals surface area contributed by atoms with Crippen LogP contribution in [0.15, 0.2) is 15.8 Å². The second-order valence-corrected chi connectivity index (χ2v) is 11.8. The Morgan fingerprint density at radius 3 is 2.42 bits per heavy atom. The highest BCUT2D eigenvalue weighted by Crippen LogP contribution is 2.61. The zero-order chi connectivity index (χ0) is 27.2. The summed E-state index contributed by atoms with van der Waals surface area (Å²) in [6.45, 7) is 3.18. The van der Waals surface area contributed by atoms with E-state index < -0.39 is 82.1 Å². The first-order valence-corrected chi connectivity index (χ1v) is 13.5. The lowest BCUT2D eigenvalue weighted by atomic mass is 9.90. The monoisotopic (exact) mass is 562 g/mol. The predicted molar refractivity (Wildman–Crippen MR) is 115 cm³/mol. The number of nitrogens with one attached hydrogen (secondary N) is 1. The first-order chi connectivity index (χ1) is 16.4. The van der Waals surface area contributed by atoms with Crippen molar-refractivity contribution in [2.75, 3.05) is 6.61 Å². The van der Waals surface area contributed by atoms with Crippen LogP contribution in [0, 0.1) is 6.92 Å². The van der Waals surface area contributed by atoms with Crippen LogP contribution in [0.2, 0.25) is 0 Å². The molecule has 0 bridgehead atoms. The fraction of sp³-hybridized carbons (Fsp3) is 0.765. The SMILES string of the molecule is Cc1cn([C@H]2C[C@H](O)[C@@H](COP(=O)(O)OP(=O)(O)O[C@H]3OC(C)(C)[C@H](O)[C@@H](O)[C@H]3O)O2)c(=O)[nH]c1=O. The summed E-state index contributed by atoms with van der Waals surface area (Å²) in [6.07, 6.45) is -10.1. The number of aromatic nitrogens is 2. The topological polar surface area (TPSA) is 257 Å². The molecule has 1 aromatic rings. The van der Waals surface area contributed by atoms with Gasteiger partial charge in [0.2, 0.25) is 0 Å². The van der Waals surface area contributed by atoms with Crippen molar-refractivity contribution in [3.63, 3.8) is 0 Å². The van der Waals surface area contributed by atoms with Crippen molar-refractivity contribution in [1.29, 1.82) is 0 Å². The van der Waals surface area contributed by atoms with Crippen molar-refractivity contribution in [2.45, 2.75) is 75.8 Å². The quantitative estimate of drug-likeness (QED) is 0.168. The highest BCUT2D eigenvalue weighted by molar-refractivity contribution is 7.61. The molecule has 2 fully saturated rings. The van der Waals surface area contributed by atoms with Crippen molar-refractivity contribution in [2.24, 2.45) is 0 Å². The summed E-state index contributed by atoms with van der Waals surface area (Å²) in [5, 5.41) is 39.9. The van der Waals surface area contributed by atoms with Gasteiger partial charge in [-0.05, 0) is 20.8 Å². The van der Waals surface area contributed by atoms with Gasteiger partial charge in [-0.3, -0.25) is 23.4 Å². The van der Waals surface area contributed by atoms with Crippen LogP contribution in [0.3, 0.4) is 0 Å². The van der Waals surface area contributed by atoms with Gasteiger partial charge in [0, 0.05) is 18.2 Å². The van der Waals surface area contributed by atoms with Gasteiger partial charge in [-0.1, -0.05) is 0 Å². The molecule has 17 nitrogen and oxygen atoms in total. The molecule has 0 aliphatic carbocycles. The summed E-state index contributed by atoms with van der Waals surface area (Å²) >= 11 is 0. The molecule has 36 heavy (non-hydrogen) atoms. The van der Waals surface area contributed by atoms with Gasteiger partial charge in [-0.2, -0.15) is 4.31 Å². The maximum atomic E-state index is 12.3. The van der Waals surface area contributed by atoms with E-state index >= 15 is 0 Å². The van der Waals surface area contributed by atoms with Crippen LogP contribution in [0.25, 0.3) is 0 Å². The summed E-state index contributed by atoms with van der Waals surface area (Å²) in [4.78, 5) is 45.3. The lowest BCUT2D eigenvalue weighted by Gasteiger charge is -2.44. The minimum absolute atomic E-state index is 0.154. The Balaban J connectivity index is 1.60. The van der Waals surface area contributed by atoms with Gasteiger partial charge < -0.3 is 39.7 Å². The number of rotatable bonds is 8. The predicted octanol–water partition coefficient (Wildman–Crippen LogP) is -2.04. The molecule has 0 saturated carbocycles. The Morgan fingerprint density at radius 1 is 1.14 bits per heavy atom. The molecule has 0 aromatic carbocycles. The van der Waals surface area contributed by atoms with Gasteiger partial charge in [0.25, 0.3) is 5.56 Å². The van der Waals surface area contributed by atoms with E-state index in [1.54, 1.807) is 0 Å². The van der Waals surface area contributed by atoms with Crippen molar-refractivity contribution in [3.8, 4) is 0 Å². The minimum atomic E-state index is -5.47. The van der Waals surface area contributed by atoms with E-state index in [9.17, 15) is 48.9 Å². The largest absolute Gasteiger partial charge is 0.483 e. The Bertz CT molecular complexity index is 1170. The Kier molecular flexibility index (Phi) is 8.50. The number of hydrogen-bond acceptors (Lipinski definition) is 13. The number of aromatic amines is 1. The van der Waals surface area contributed by atoms with Crippen LogP contribution < -0.4 is 11.2 Å². The van der Waals surface area contributed by atoms with Gasteiger partial charge >= 0.3 is 21.3 Å². The molecular formula is C17H28N2O15P2. The smallest absolute Gasteiger partial charge is 0.390 e. The van der Waals surface area contributed by atoms with Crippen molar-refractivity contribution in [3.05, 3.63) is 32.6 Å². The van der Waals surface area contributed by atoms with Crippen LogP contribution in [-0.4, -0.2) is 88.8 Å². The van der Waals surface area contributed by atoms with Gasteiger partial charge in [-0.15, -0.1) is 0 Å². The third-order valence-corrected chi connectivity index (χ3v) is 8.19. The molecule has 3 rings (SSSR count). The van der Waals surface area contributed by atoms with E-state index in [-0.39, 0.29) is 12.0 Å². The van der Waals surface area contributed by atoms with E-state index in [0.717, 1.165) is 4.57 Å². The molecule has 2 aliphatic heterocycles. The molecule has 2 saturated heterocycles. The first kappa shape index (κ1) is 29.3. The number of aryl methyl sites for hydroxylation is 1. The van der Waals surface area contributed by atoms with Crippen LogP contribution >= 0.6 is 15.6 Å². The van der Waals surface area contributed by atoms with Crippen LogP contribution in [0.1, 0.15) is 32.1 Å². The number of phosphoric ester groups is 2. The molecule has 9 atom stereocenters. The molecule has 0 radical (unpaired) electrons. The summed E-state index contributed by atoms with van der Waals surface area (Å²) in [6, 6.07) is 0. The standard InChI is InChI=1S/C17H28N2O15P2/c1-7-5-19(16(25)18-14(7)24)10-4-8(20)9(31-10)6-30-35(26,27)34-36(28,29)33-15-12(22)11(21)13(23)17(2,3)32-15/h5,8-13,15,20-23H,4,6H2,1-3H3,(H,26,27)(H,28,29)(H,18,24,25)/t8-,9+,10+,11-,12+,13+,15+/m0/s1. The van der Waals surface area contributed by atoms with Crippen molar-refractivity contribution in [1.82, 2.24) is 9.55 Å².